The molecule has 1 aromatic carbocycles. The third-order valence-corrected chi connectivity index (χ3v) is 5.02. The Hall–Kier alpha value is -2.12. The smallest absolute Gasteiger partial charge is 0.291 e. The molecule has 1 aromatic heterocycles. The lowest BCUT2D eigenvalue weighted by Crippen LogP contribution is -2.35. The van der Waals surface area contributed by atoms with Gasteiger partial charge in [0.05, 0.1) is 0 Å². The van der Waals surface area contributed by atoms with E-state index in [0.29, 0.717) is 22.5 Å². The zero-order valence-corrected chi connectivity index (χ0v) is 16.8. The van der Waals surface area contributed by atoms with Crippen LogP contribution in [-0.4, -0.2) is 42.9 Å². The van der Waals surface area contributed by atoms with E-state index in [1.54, 1.807) is 36.4 Å². The van der Waals surface area contributed by atoms with E-state index in [4.69, 9.17) is 4.42 Å². The average molecular weight is 434 g/mol. The molecule has 1 aliphatic rings. The van der Waals surface area contributed by atoms with E-state index < -0.39 is 0 Å². The van der Waals surface area contributed by atoms with E-state index in [-0.39, 0.29) is 17.6 Å². The SMILES string of the molecule is O=C(NCCN1CCCCCC1)c1cccc(NC(=O)c2ccc(Br)o2)c1. The maximum Gasteiger partial charge on any atom is 0.291 e. The standard InChI is InChI=1S/C20H24BrN3O3/c21-18-9-8-17(27-18)20(26)23-16-7-5-6-15(14-16)19(25)22-10-13-24-11-3-1-2-4-12-24/h5-9,14H,1-4,10-13H2,(H,22,25)(H,23,26). The Morgan fingerprint density at radius 3 is 2.52 bits per heavy atom. The summed E-state index contributed by atoms with van der Waals surface area (Å²) in [6.45, 7) is 3.71. The molecular weight excluding hydrogens is 410 g/mol. The summed E-state index contributed by atoms with van der Waals surface area (Å²) in [6.07, 6.45) is 5.08. The fourth-order valence-electron chi connectivity index (χ4n) is 3.16. The molecule has 2 heterocycles. The molecule has 0 unspecified atom stereocenters. The summed E-state index contributed by atoms with van der Waals surface area (Å²) in [5.41, 5.74) is 1.07. The third-order valence-electron chi connectivity index (χ3n) is 4.59. The molecule has 0 spiro atoms. The van der Waals surface area contributed by atoms with Gasteiger partial charge < -0.3 is 20.0 Å². The highest BCUT2D eigenvalue weighted by atomic mass is 79.9. The molecular formula is C20H24BrN3O3. The Morgan fingerprint density at radius 1 is 1.04 bits per heavy atom. The van der Waals surface area contributed by atoms with Gasteiger partial charge in [-0.2, -0.15) is 0 Å². The minimum Gasteiger partial charge on any atom is -0.444 e. The number of rotatable bonds is 6. The number of likely N-dealkylation sites (tertiary alicyclic amines) is 1. The van der Waals surface area contributed by atoms with E-state index in [9.17, 15) is 9.59 Å². The summed E-state index contributed by atoms with van der Waals surface area (Å²) in [5.74, 6) is -0.296. The van der Waals surface area contributed by atoms with Crippen molar-refractivity contribution in [2.24, 2.45) is 0 Å². The van der Waals surface area contributed by atoms with Gasteiger partial charge >= 0.3 is 0 Å². The maximum absolute atomic E-state index is 12.4. The van der Waals surface area contributed by atoms with Gasteiger partial charge in [0.25, 0.3) is 11.8 Å². The number of nitrogens with one attached hydrogen (secondary N) is 2. The predicted octanol–water partition coefficient (Wildman–Crippen LogP) is 3.90. The molecule has 2 N–H and O–H groups in total. The van der Waals surface area contributed by atoms with Crippen LogP contribution in [0.3, 0.4) is 0 Å². The Balaban J connectivity index is 1.51. The highest BCUT2D eigenvalue weighted by Crippen LogP contribution is 2.17. The number of hydrogen-bond donors (Lipinski definition) is 2. The number of carbonyl (C=O) groups excluding carboxylic acids is 2. The number of hydrogen-bond acceptors (Lipinski definition) is 4. The zero-order valence-electron chi connectivity index (χ0n) is 15.2. The van der Waals surface area contributed by atoms with Gasteiger partial charge in [0.2, 0.25) is 0 Å². The lowest BCUT2D eigenvalue weighted by atomic mass is 10.2. The first kappa shape index (κ1) is 19.6. The Morgan fingerprint density at radius 2 is 1.81 bits per heavy atom. The van der Waals surface area contributed by atoms with Crippen LogP contribution in [0.5, 0.6) is 0 Å². The first-order valence-corrected chi connectivity index (χ1v) is 10.1. The highest BCUT2D eigenvalue weighted by molar-refractivity contribution is 9.10. The first-order chi connectivity index (χ1) is 13.1. The number of nitrogens with zero attached hydrogens (tertiary/aromatic N) is 1. The normalized spacial score (nSPS) is 15.1. The molecule has 2 aromatic rings. The number of furan rings is 1. The van der Waals surface area contributed by atoms with Crippen LogP contribution >= 0.6 is 15.9 Å². The summed E-state index contributed by atoms with van der Waals surface area (Å²) >= 11 is 3.17. The van der Waals surface area contributed by atoms with Crippen molar-refractivity contribution in [3.05, 3.63) is 52.4 Å². The molecule has 0 atom stereocenters. The Labute approximate surface area is 167 Å². The Kier molecular flexibility index (Phi) is 7.06. The van der Waals surface area contributed by atoms with Crippen molar-refractivity contribution in [3.8, 4) is 0 Å². The summed E-state index contributed by atoms with van der Waals surface area (Å²) in [7, 11) is 0. The van der Waals surface area contributed by atoms with Gasteiger partial charge in [-0.1, -0.05) is 18.9 Å². The molecule has 2 amide bonds. The van der Waals surface area contributed by atoms with Crippen LogP contribution in [0.2, 0.25) is 0 Å². The molecule has 1 fully saturated rings. The van der Waals surface area contributed by atoms with Gasteiger partial charge in [-0.15, -0.1) is 0 Å². The molecule has 7 heteroatoms. The lowest BCUT2D eigenvalue weighted by molar-refractivity contribution is 0.0946. The van der Waals surface area contributed by atoms with Gasteiger partial charge in [-0.05, 0) is 72.2 Å². The van der Waals surface area contributed by atoms with Crippen molar-refractivity contribution >= 4 is 33.4 Å². The van der Waals surface area contributed by atoms with Crippen LogP contribution < -0.4 is 10.6 Å². The summed E-state index contributed by atoms with van der Waals surface area (Å²) < 4.78 is 5.73. The van der Waals surface area contributed by atoms with Crippen molar-refractivity contribution in [2.75, 3.05) is 31.5 Å². The van der Waals surface area contributed by atoms with E-state index >= 15 is 0 Å². The summed E-state index contributed by atoms with van der Waals surface area (Å²) in [4.78, 5) is 27.0. The maximum atomic E-state index is 12.4. The van der Waals surface area contributed by atoms with Gasteiger partial charge in [0, 0.05) is 24.3 Å². The van der Waals surface area contributed by atoms with Gasteiger partial charge in [0.1, 0.15) is 0 Å². The summed E-state index contributed by atoms with van der Waals surface area (Å²) in [5, 5.41) is 5.70. The molecule has 6 nitrogen and oxygen atoms in total. The number of carbonyl (C=O) groups is 2. The molecule has 144 valence electrons. The molecule has 1 aliphatic heterocycles. The van der Waals surface area contributed by atoms with Crippen LogP contribution in [0.15, 0.2) is 45.5 Å². The third kappa shape index (κ3) is 5.94. The molecule has 3 rings (SSSR count). The van der Waals surface area contributed by atoms with Crippen molar-refractivity contribution < 1.29 is 14.0 Å². The highest BCUT2D eigenvalue weighted by Gasteiger charge is 2.13. The minimum absolute atomic E-state index is 0.137. The largest absolute Gasteiger partial charge is 0.444 e. The van der Waals surface area contributed by atoms with Crippen molar-refractivity contribution in [3.63, 3.8) is 0 Å². The second kappa shape index (κ2) is 9.71. The molecule has 27 heavy (non-hydrogen) atoms. The number of anilines is 1. The van der Waals surface area contributed by atoms with Crippen LogP contribution in [0.4, 0.5) is 5.69 Å². The monoisotopic (exact) mass is 433 g/mol. The zero-order chi connectivity index (χ0) is 19.1. The lowest BCUT2D eigenvalue weighted by Gasteiger charge is -2.19. The first-order valence-electron chi connectivity index (χ1n) is 9.29. The Bertz CT molecular complexity index is 782. The number of halogens is 1. The van der Waals surface area contributed by atoms with E-state index in [0.717, 1.165) is 19.6 Å². The predicted molar refractivity (Wildman–Crippen MR) is 108 cm³/mol. The fourth-order valence-corrected chi connectivity index (χ4v) is 3.46. The van der Waals surface area contributed by atoms with Gasteiger partial charge in [0.15, 0.2) is 10.4 Å². The minimum atomic E-state index is -0.362. The van der Waals surface area contributed by atoms with E-state index in [1.807, 2.05) is 0 Å². The van der Waals surface area contributed by atoms with Crippen molar-refractivity contribution in [1.82, 2.24) is 10.2 Å². The van der Waals surface area contributed by atoms with Crippen molar-refractivity contribution in [1.29, 1.82) is 0 Å². The van der Waals surface area contributed by atoms with Crippen molar-refractivity contribution in [2.45, 2.75) is 25.7 Å². The quantitative estimate of drug-likeness (QED) is 0.724. The van der Waals surface area contributed by atoms with Gasteiger partial charge in [-0.25, -0.2) is 0 Å². The average Bonchev–Trinajstić information content (AvgIpc) is 2.94. The molecule has 0 bridgehead atoms. The second-order valence-corrected chi connectivity index (χ2v) is 7.43. The fraction of sp³-hybridized carbons (Fsp3) is 0.400. The van der Waals surface area contributed by atoms with Gasteiger partial charge in [-0.3, -0.25) is 9.59 Å². The van der Waals surface area contributed by atoms with Crippen LogP contribution in [0.25, 0.3) is 0 Å². The van der Waals surface area contributed by atoms with Crippen LogP contribution in [0, 0.1) is 0 Å². The van der Waals surface area contributed by atoms with Crippen LogP contribution in [0.1, 0.15) is 46.6 Å². The van der Waals surface area contributed by atoms with Crippen LogP contribution in [-0.2, 0) is 0 Å². The molecule has 0 radical (unpaired) electrons. The number of amides is 2. The molecule has 0 aliphatic carbocycles. The molecule has 0 saturated carbocycles. The second-order valence-electron chi connectivity index (χ2n) is 6.65. The van der Waals surface area contributed by atoms with E-state index in [1.165, 1.54) is 25.7 Å². The van der Waals surface area contributed by atoms with E-state index in [2.05, 4.69) is 31.5 Å². The topological polar surface area (TPSA) is 74.6 Å². The summed E-state index contributed by atoms with van der Waals surface area (Å²) in [6, 6.07) is 10.1. The molecule has 1 saturated heterocycles. The number of benzene rings is 1.